The van der Waals surface area contributed by atoms with Crippen molar-refractivity contribution in [2.45, 2.75) is 174 Å². The number of unbranched alkanes of at least 4 members (excludes halogenated alkanes) is 9. The molecule has 1 N–H and O–H groups in total. The summed E-state index contributed by atoms with van der Waals surface area (Å²) in [6, 6.07) is 0. The third kappa shape index (κ3) is 27.5. The summed E-state index contributed by atoms with van der Waals surface area (Å²) in [4.78, 5) is 24.2. The Labute approximate surface area is 294 Å². The molecule has 0 radical (unpaired) electrons. The van der Waals surface area contributed by atoms with Crippen molar-refractivity contribution in [3.63, 3.8) is 0 Å². The van der Waals surface area contributed by atoms with Crippen LogP contribution in [0.5, 0.6) is 0 Å². The van der Waals surface area contributed by atoms with Crippen LogP contribution in [0.4, 0.5) is 0 Å². The lowest BCUT2D eigenvalue weighted by molar-refractivity contribution is -0.161. The molecule has 274 valence electrons. The van der Waals surface area contributed by atoms with Crippen LogP contribution in [0.3, 0.4) is 0 Å². The van der Waals surface area contributed by atoms with Gasteiger partial charge in [-0.1, -0.05) is 152 Å². The first-order chi connectivity index (χ1) is 23.5. The molecule has 4 atom stereocenters. The third-order valence-corrected chi connectivity index (χ3v) is 8.78. The Hall–Kier alpha value is -2.44. The molecule has 1 aliphatic rings. The van der Waals surface area contributed by atoms with Gasteiger partial charge >= 0.3 is 11.9 Å². The van der Waals surface area contributed by atoms with E-state index in [-0.39, 0.29) is 31.6 Å². The number of carbonyl (C=O) groups excluding carboxylic acids is 2. The standard InChI is InChI=1S/C42H70O6/c1-4-6-25-31-39-40(48-39)32-27-22-18-14-9-7-8-10-15-19-23-28-33-41(44)46-36-38(35-43)47-42(45)34-29-24-20-16-12-11-13-17-21-26-30-37(3)5-2/h6,8-10,14,19,22-23,25,27,37-40,43H,4-5,7,11-13,15-18,20-21,24,26,28-36H2,1-3H3/b10-8-,14-9-,23-19-,25-6-,27-22-/t37?,38-,39?,40?/m0/s1. The molecule has 0 spiro atoms. The van der Waals surface area contributed by atoms with Crippen LogP contribution in [0.1, 0.15) is 156 Å². The summed E-state index contributed by atoms with van der Waals surface area (Å²) in [5.74, 6) is 0.173. The number of aliphatic hydroxyl groups is 1. The highest BCUT2D eigenvalue weighted by Crippen LogP contribution is 2.29. The van der Waals surface area contributed by atoms with Crippen molar-refractivity contribution in [2.24, 2.45) is 5.92 Å². The second-order valence-electron chi connectivity index (χ2n) is 13.3. The van der Waals surface area contributed by atoms with E-state index in [2.05, 4.69) is 69.4 Å². The van der Waals surface area contributed by atoms with Crippen molar-refractivity contribution in [3.05, 3.63) is 60.8 Å². The smallest absolute Gasteiger partial charge is 0.306 e. The van der Waals surface area contributed by atoms with E-state index in [1.54, 1.807) is 0 Å². The molecule has 0 aromatic rings. The van der Waals surface area contributed by atoms with E-state index in [0.29, 0.717) is 25.0 Å². The van der Waals surface area contributed by atoms with Gasteiger partial charge in [-0.2, -0.15) is 0 Å². The molecule has 48 heavy (non-hydrogen) atoms. The van der Waals surface area contributed by atoms with E-state index in [4.69, 9.17) is 14.2 Å². The molecule has 1 saturated heterocycles. The fraction of sp³-hybridized carbons (Fsp3) is 0.714. The highest BCUT2D eigenvalue weighted by Gasteiger charge is 2.35. The molecule has 0 amide bonds. The zero-order chi connectivity index (χ0) is 34.9. The van der Waals surface area contributed by atoms with E-state index >= 15 is 0 Å². The van der Waals surface area contributed by atoms with Gasteiger partial charge in [0.15, 0.2) is 6.10 Å². The lowest BCUT2D eigenvalue weighted by Gasteiger charge is -2.15. The summed E-state index contributed by atoms with van der Waals surface area (Å²) < 4.78 is 16.2. The Kier molecular flexibility index (Phi) is 28.9. The highest BCUT2D eigenvalue weighted by atomic mass is 16.6. The zero-order valence-electron chi connectivity index (χ0n) is 30.8. The van der Waals surface area contributed by atoms with Gasteiger partial charge in [0.2, 0.25) is 0 Å². The first-order valence-corrected chi connectivity index (χ1v) is 19.4. The fourth-order valence-electron chi connectivity index (χ4n) is 5.36. The van der Waals surface area contributed by atoms with Gasteiger partial charge in [0.1, 0.15) is 6.61 Å². The molecule has 6 nitrogen and oxygen atoms in total. The van der Waals surface area contributed by atoms with E-state index in [9.17, 15) is 14.7 Å². The number of aliphatic hydroxyl groups excluding tert-OH is 1. The monoisotopic (exact) mass is 671 g/mol. The zero-order valence-corrected chi connectivity index (χ0v) is 30.8. The van der Waals surface area contributed by atoms with Gasteiger partial charge in [-0.15, -0.1) is 0 Å². The summed E-state index contributed by atoms with van der Waals surface area (Å²) in [5.41, 5.74) is 0. The lowest BCUT2D eigenvalue weighted by atomic mass is 9.99. The first-order valence-electron chi connectivity index (χ1n) is 19.4. The Morgan fingerprint density at radius 1 is 0.667 bits per heavy atom. The molecule has 0 aliphatic carbocycles. The van der Waals surface area contributed by atoms with Gasteiger partial charge in [0.25, 0.3) is 0 Å². The number of allylic oxidation sites excluding steroid dienone is 8. The molecule has 1 heterocycles. The van der Waals surface area contributed by atoms with Crippen molar-refractivity contribution in [2.75, 3.05) is 13.2 Å². The Morgan fingerprint density at radius 2 is 1.19 bits per heavy atom. The average Bonchev–Trinajstić information content (AvgIpc) is 3.84. The minimum atomic E-state index is -0.805. The molecule has 3 unspecified atom stereocenters. The lowest BCUT2D eigenvalue weighted by Crippen LogP contribution is -2.28. The number of ether oxygens (including phenoxy) is 3. The topological polar surface area (TPSA) is 85.4 Å². The Balaban J connectivity index is 1.95. The minimum absolute atomic E-state index is 0.110. The van der Waals surface area contributed by atoms with Crippen molar-refractivity contribution < 1.29 is 28.9 Å². The van der Waals surface area contributed by atoms with Gasteiger partial charge < -0.3 is 19.3 Å². The molecule has 0 bridgehead atoms. The largest absolute Gasteiger partial charge is 0.462 e. The van der Waals surface area contributed by atoms with Gasteiger partial charge in [0.05, 0.1) is 18.8 Å². The van der Waals surface area contributed by atoms with Gasteiger partial charge in [0, 0.05) is 12.8 Å². The molecule has 1 aliphatic heterocycles. The highest BCUT2D eigenvalue weighted by molar-refractivity contribution is 5.70. The van der Waals surface area contributed by atoms with Crippen LogP contribution >= 0.6 is 0 Å². The third-order valence-electron chi connectivity index (χ3n) is 8.78. The quantitative estimate of drug-likeness (QED) is 0.0332. The van der Waals surface area contributed by atoms with E-state index in [1.807, 2.05) is 12.2 Å². The van der Waals surface area contributed by atoms with Crippen molar-refractivity contribution in [3.8, 4) is 0 Å². The van der Waals surface area contributed by atoms with Crippen LogP contribution in [0.2, 0.25) is 0 Å². The second kappa shape index (κ2) is 31.8. The molecule has 1 fully saturated rings. The maximum absolute atomic E-state index is 12.2. The van der Waals surface area contributed by atoms with Crippen LogP contribution in [0.15, 0.2) is 60.8 Å². The maximum Gasteiger partial charge on any atom is 0.306 e. The van der Waals surface area contributed by atoms with E-state index in [0.717, 1.165) is 63.7 Å². The minimum Gasteiger partial charge on any atom is -0.462 e. The second-order valence-corrected chi connectivity index (χ2v) is 13.3. The molecule has 6 heteroatoms. The maximum atomic E-state index is 12.2. The number of epoxide rings is 1. The number of esters is 2. The number of hydrogen-bond acceptors (Lipinski definition) is 6. The van der Waals surface area contributed by atoms with E-state index in [1.165, 1.54) is 57.8 Å². The molecule has 1 rings (SSSR count). The molecular formula is C42H70O6. The number of rotatable bonds is 32. The summed E-state index contributed by atoms with van der Waals surface area (Å²) in [6.07, 6.45) is 43.2. The number of hydrogen-bond donors (Lipinski definition) is 1. The molecule has 0 aromatic heterocycles. The molecule has 0 saturated carbocycles. The fourth-order valence-corrected chi connectivity index (χ4v) is 5.36. The van der Waals surface area contributed by atoms with Gasteiger partial charge in [-0.3, -0.25) is 9.59 Å². The average molecular weight is 671 g/mol. The van der Waals surface area contributed by atoms with Crippen molar-refractivity contribution >= 4 is 11.9 Å². The predicted octanol–water partition coefficient (Wildman–Crippen LogP) is 10.9. The number of carbonyl (C=O) groups is 2. The summed E-state index contributed by atoms with van der Waals surface area (Å²) in [6.45, 7) is 6.30. The van der Waals surface area contributed by atoms with Crippen LogP contribution in [0.25, 0.3) is 0 Å². The Bertz CT molecular complexity index is 932. The van der Waals surface area contributed by atoms with Crippen molar-refractivity contribution in [1.82, 2.24) is 0 Å². The van der Waals surface area contributed by atoms with E-state index < -0.39 is 6.10 Å². The van der Waals surface area contributed by atoms with Gasteiger partial charge in [-0.05, 0) is 57.3 Å². The normalized spacial score (nSPS) is 17.8. The SMILES string of the molecule is CC/C=C\CC1OC1C/C=C\C/C=C\C/C=C\C/C=C\CCC(=O)OC[C@H](CO)OC(=O)CCCCCCCCCCCCC(C)CC. The summed E-state index contributed by atoms with van der Waals surface area (Å²) >= 11 is 0. The van der Waals surface area contributed by atoms with Crippen LogP contribution in [0, 0.1) is 5.92 Å². The summed E-state index contributed by atoms with van der Waals surface area (Å²) in [5, 5.41) is 9.54. The Morgan fingerprint density at radius 3 is 1.75 bits per heavy atom. The molecular weight excluding hydrogens is 600 g/mol. The predicted molar refractivity (Wildman–Crippen MR) is 200 cm³/mol. The van der Waals surface area contributed by atoms with Crippen LogP contribution < -0.4 is 0 Å². The van der Waals surface area contributed by atoms with Crippen molar-refractivity contribution in [1.29, 1.82) is 0 Å². The van der Waals surface area contributed by atoms with Crippen LogP contribution in [-0.4, -0.2) is 48.6 Å². The molecule has 0 aromatic carbocycles. The first kappa shape index (κ1) is 43.6. The van der Waals surface area contributed by atoms with Crippen LogP contribution in [-0.2, 0) is 23.8 Å². The van der Waals surface area contributed by atoms with Gasteiger partial charge in [-0.25, -0.2) is 0 Å². The summed E-state index contributed by atoms with van der Waals surface area (Å²) in [7, 11) is 0.